The van der Waals surface area contributed by atoms with E-state index >= 15 is 0 Å². The maximum Gasteiger partial charge on any atom is 0.331 e. The number of methoxy groups -OCH3 is 1. The van der Waals surface area contributed by atoms with E-state index in [9.17, 15) is 9.59 Å². The van der Waals surface area contributed by atoms with Crippen LogP contribution in [0.1, 0.15) is 17.5 Å². The smallest absolute Gasteiger partial charge is 0.331 e. The molecule has 0 saturated carbocycles. The van der Waals surface area contributed by atoms with Gasteiger partial charge in [-0.1, -0.05) is 12.1 Å². The number of hydrogen-bond donors (Lipinski definition) is 1. The number of benzene rings is 2. The highest BCUT2D eigenvalue weighted by molar-refractivity contribution is 5.99. The zero-order chi connectivity index (χ0) is 23.6. The molecule has 1 aliphatic rings. The lowest BCUT2D eigenvalue weighted by Gasteiger charge is -2.29. The minimum atomic E-state index is -0.405. The maximum atomic E-state index is 13.6. The van der Waals surface area contributed by atoms with Crippen molar-refractivity contribution in [2.24, 2.45) is 14.1 Å². The Labute approximate surface area is 194 Å². The topological polar surface area (TPSA) is 83.3 Å². The van der Waals surface area contributed by atoms with Gasteiger partial charge in [-0.25, -0.2) is 4.79 Å². The number of anilines is 1. The summed E-state index contributed by atoms with van der Waals surface area (Å²) < 4.78 is 15.9. The van der Waals surface area contributed by atoms with Crippen molar-refractivity contribution in [2.75, 3.05) is 12.4 Å². The summed E-state index contributed by atoms with van der Waals surface area (Å²) in [4.78, 5) is 26.6. The Morgan fingerprint density at radius 3 is 2.41 bits per heavy atom. The van der Waals surface area contributed by atoms with Crippen LogP contribution in [0.5, 0.6) is 5.75 Å². The van der Waals surface area contributed by atoms with E-state index in [1.165, 1.54) is 7.05 Å². The summed E-state index contributed by atoms with van der Waals surface area (Å²) in [6.45, 7) is 0. The van der Waals surface area contributed by atoms with Crippen LogP contribution < -0.4 is 21.3 Å². The molecule has 0 saturated heterocycles. The van der Waals surface area contributed by atoms with Crippen molar-refractivity contribution in [1.82, 2.24) is 13.7 Å². The van der Waals surface area contributed by atoms with Gasteiger partial charge in [0.2, 0.25) is 0 Å². The third-order valence-corrected chi connectivity index (χ3v) is 6.52. The molecule has 170 valence electrons. The van der Waals surface area contributed by atoms with Gasteiger partial charge in [0.05, 0.1) is 47.0 Å². The van der Waals surface area contributed by atoms with E-state index in [0.717, 1.165) is 27.2 Å². The highest BCUT2D eigenvalue weighted by atomic mass is 16.5. The highest BCUT2D eigenvalue weighted by Gasteiger charge is 2.35. The molecule has 5 aromatic rings. The van der Waals surface area contributed by atoms with Gasteiger partial charge < -0.3 is 19.0 Å². The van der Waals surface area contributed by atoms with Crippen LogP contribution in [0.2, 0.25) is 0 Å². The first-order valence-corrected chi connectivity index (χ1v) is 10.9. The quantitative estimate of drug-likeness (QED) is 0.448. The number of ether oxygens (including phenoxy) is 1. The van der Waals surface area contributed by atoms with Crippen LogP contribution in [-0.2, 0) is 14.1 Å². The van der Waals surface area contributed by atoms with Crippen LogP contribution in [0.25, 0.3) is 27.8 Å². The van der Waals surface area contributed by atoms with Gasteiger partial charge in [-0.15, -0.1) is 0 Å². The molecule has 34 heavy (non-hydrogen) atoms. The molecule has 6 rings (SSSR count). The van der Waals surface area contributed by atoms with E-state index in [1.807, 2.05) is 60.7 Å². The molecular formula is C26H22N4O4. The molecule has 1 atom stereocenters. The first-order valence-electron chi connectivity index (χ1n) is 10.9. The van der Waals surface area contributed by atoms with Gasteiger partial charge in [-0.2, -0.15) is 0 Å². The maximum absolute atomic E-state index is 13.6. The summed E-state index contributed by atoms with van der Waals surface area (Å²) in [6, 6.07) is 18.8. The molecule has 4 heterocycles. The molecule has 0 spiro atoms. The fourth-order valence-corrected chi connectivity index (χ4v) is 4.91. The molecule has 3 aromatic heterocycles. The number of nitrogens with zero attached hydrogens (tertiary/aromatic N) is 3. The second kappa shape index (κ2) is 7.28. The van der Waals surface area contributed by atoms with Crippen LogP contribution in [-0.4, -0.2) is 20.8 Å². The number of aromatic nitrogens is 3. The average molecular weight is 454 g/mol. The van der Waals surface area contributed by atoms with Crippen molar-refractivity contribution in [3.63, 3.8) is 0 Å². The number of fused-ring (bicyclic) bond motifs is 5. The zero-order valence-corrected chi connectivity index (χ0v) is 18.9. The molecule has 8 nitrogen and oxygen atoms in total. The second-order valence-electron chi connectivity index (χ2n) is 8.34. The highest BCUT2D eigenvalue weighted by Crippen LogP contribution is 2.45. The SMILES string of the molecule is COc1ccc(-c2c3c(=O)n(C)c(=O)n(C)c3c3n2-c2ccccc2N[C@H]3c2ccco2)cc1. The van der Waals surface area contributed by atoms with Crippen molar-refractivity contribution in [1.29, 1.82) is 0 Å². The van der Waals surface area contributed by atoms with Crippen LogP contribution >= 0.6 is 0 Å². The molecular weight excluding hydrogens is 432 g/mol. The molecule has 0 amide bonds. The molecule has 0 unspecified atom stereocenters. The van der Waals surface area contributed by atoms with E-state index in [1.54, 1.807) is 25.0 Å². The predicted molar refractivity (Wildman–Crippen MR) is 130 cm³/mol. The molecule has 1 N–H and O–H groups in total. The average Bonchev–Trinajstić information content (AvgIpc) is 3.53. The summed E-state index contributed by atoms with van der Waals surface area (Å²) >= 11 is 0. The molecule has 8 heteroatoms. The Kier molecular flexibility index (Phi) is 4.32. The summed E-state index contributed by atoms with van der Waals surface area (Å²) in [6.07, 6.45) is 1.62. The lowest BCUT2D eigenvalue weighted by atomic mass is 10.1. The van der Waals surface area contributed by atoms with E-state index in [0.29, 0.717) is 28.1 Å². The van der Waals surface area contributed by atoms with Gasteiger partial charge in [0.1, 0.15) is 17.6 Å². The van der Waals surface area contributed by atoms with Crippen LogP contribution in [0.15, 0.2) is 80.9 Å². The fourth-order valence-electron chi connectivity index (χ4n) is 4.91. The third-order valence-electron chi connectivity index (χ3n) is 6.52. The zero-order valence-electron chi connectivity index (χ0n) is 18.9. The molecule has 2 aromatic carbocycles. The minimum Gasteiger partial charge on any atom is -0.497 e. The third kappa shape index (κ3) is 2.65. The summed E-state index contributed by atoms with van der Waals surface area (Å²) in [7, 11) is 4.82. The number of aryl methyl sites for hydroxylation is 1. The van der Waals surface area contributed by atoms with Crippen LogP contribution in [0.4, 0.5) is 5.69 Å². The van der Waals surface area contributed by atoms with E-state index < -0.39 is 6.04 Å². The summed E-state index contributed by atoms with van der Waals surface area (Å²) in [5.74, 6) is 1.40. The van der Waals surface area contributed by atoms with Gasteiger partial charge in [-0.3, -0.25) is 13.9 Å². The minimum absolute atomic E-state index is 0.346. The Morgan fingerprint density at radius 2 is 1.71 bits per heavy atom. The van der Waals surface area contributed by atoms with Crippen molar-refractivity contribution in [3.8, 4) is 22.7 Å². The second-order valence-corrected chi connectivity index (χ2v) is 8.34. The number of furan rings is 1. The molecule has 0 radical (unpaired) electrons. The molecule has 0 fully saturated rings. The lowest BCUT2D eigenvalue weighted by Crippen LogP contribution is -2.37. The summed E-state index contributed by atoms with van der Waals surface area (Å²) in [5.41, 5.74) is 3.95. The lowest BCUT2D eigenvalue weighted by molar-refractivity contribution is 0.415. The molecule has 0 aliphatic carbocycles. The van der Waals surface area contributed by atoms with Crippen LogP contribution in [0, 0.1) is 0 Å². The molecule has 0 bridgehead atoms. The van der Waals surface area contributed by atoms with Gasteiger partial charge >= 0.3 is 5.69 Å². The standard InChI is InChI=1S/C26H22N4O4/c1-28-23-20(25(31)29(2)26(28)32)22(15-10-12-16(33-3)13-11-15)30-18-8-5-4-7-17(18)27-21(24(23)30)19-9-6-14-34-19/h4-14,21,27H,1-3H3/t21-/m0/s1. The van der Waals surface area contributed by atoms with Crippen molar-refractivity contribution in [2.45, 2.75) is 6.04 Å². The van der Waals surface area contributed by atoms with Gasteiger partial charge in [0.25, 0.3) is 5.56 Å². The van der Waals surface area contributed by atoms with Crippen molar-refractivity contribution < 1.29 is 9.15 Å². The van der Waals surface area contributed by atoms with E-state index in [-0.39, 0.29) is 11.2 Å². The Bertz CT molecular complexity index is 1670. The number of nitrogens with one attached hydrogen (secondary N) is 1. The summed E-state index contributed by atoms with van der Waals surface area (Å²) in [5, 5.41) is 4.02. The fraction of sp³-hybridized carbons (Fsp3) is 0.154. The molecule has 1 aliphatic heterocycles. The van der Waals surface area contributed by atoms with Gasteiger partial charge in [-0.05, 0) is 54.1 Å². The normalized spacial score (nSPS) is 14.5. The number of hydrogen-bond acceptors (Lipinski definition) is 5. The largest absolute Gasteiger partial charge is 0.497 e. The van der Waals surface area contributed by atoms with Crippen LogP contribution in [0.3, 0.4) is 0 Å². The Morgan fingerprint density at radius 1 is 0.941 bits per heavy atom. The number of rotatable bonds is 3. The van der Waals surface area contributed by atoms with Crippen molar-refractivity contribution >= 4 is 16.6 Å². The van der Waals surface area contributed by atoms with Gasteiger partial charge in [0.15, 0.2) is 0 Å². The monoisotopic (exact) mass is 454 g/mol. The Hall–Kier alpha value is -4.46. The Balaban J connectivity index is 1.85. The van der Waals surface area contributed by atoms with E-state index in [2.05, 4.69) is 9.88 Å². The predicted octanol–water partition coefficient (Wildman–Crippen LogP) is 3.81. The number of para-hydroxylation sites is 2. The first kappa shape index (κ1) is 20.2. The van der Waals surface area contributed by atoms with Crippen molar-refractivity contribution in [3.05, 3.63) is 99.2 Å². The van der Waals surface area contributed by atoms with E-state index in [4.69, 9.17) is 9.15 Å². The first-order chi connectivity index (χ1) is 16.5. The van der Waals surface area contributed by atoms with Gasteiger partial charge in [0, 0.05) is 14.1 Å².